The molecule has 7 heteroatoms. The number of nitrogens with one attached hydrogen (secondary N) is 3. The lowest BCUT2D eigenvalue weighted by Gasteiger charge is -2.13. The SMILES string of the molecule is CCNC(=NCC(C)c1ccccc1)NCCCNS(C)(=O)=O. The van der Waals surface area contributed by atoms with Crippen LogP contribution in [0.4, 0.5) is 0 Å². The van der Waals surface area contributed by atoms with Crippen LogP contribution in [0.1, 0.15) is 31.7 Å². The number of guanidine groups is 1. The molecule has 6 nitrogen and oxygen atoms in total. The number of nitrogens with zero attached hydrogens (tertiary/aromatic N) is 1. The largest absolute Gasteiger partial charge is 0.357 e. The Bertz CT molecular complexity index is 573. The fourth-order valence-corrected chi connectivity index (χ4v) is 2.52. The van der Waals surface area contributed by atoms with E-state index in [2.05, 4.69) is 39.4 Å². The van der Waals surface area contributed by atoms with Crippen molar-refractivity contribution in [3.05, 3.63) is 35.9 Å². The summed E-state index contributed by atoms with van der Waals surface area (Å²) in [6.07, 6.45) is 1.86. The molecule has 0 aliphatic rings. The van der Waals surface area contributed by atoms with Crippen molar-refractivity contribution in [3.8, 4) is 0 Å². The summed E-state index contributed by atoms with van der Waals surface area (Å²) in [7, 11) is -3.11. The number of rotatable bonds is 9. The monoisotopic (exact) mass is 340 g/mol. The van der Waals surface area contributed by atoms with E-state index in [9.17, 15) is 8.42 Å². The quantitative estimate of drug-likeness (QED) is 0.359. The van der Waals surface area contributed by atoms with Gasteiger partial charge in [0.05, 0.1) is 6.26 Å². The molecular weight excluding hydrogens is 312 g/mol. The van der Waals surface area contributed by atoms with Crippen LogP contribution >= 0.6 is 0 Å². The van der Waals surface area contributed by atoms with Gasteiger partial charge in [0.25, 0.3) is 0 Å². The number of hydrogen-bond acceptors (Lipinski definition) is 3. The molecule has 1 rings (SSSR count). The number of sulfonamides is 1. The van der Waals surface area contributed by atoms with Gasteiger partial charge in [-0.3, -0.25) is 4.99 Å². The van der Waals surface area contributed by atoms with Gasteiger partial charge in [-0.2, -0.15) is 0 Å². The third-order valence-corrected chi connectivity index (χ3v) is 3.97. The summed E-state index contributed by atoms with van der Waals surface area (Å²) < 4.78 is 24.4. The normalized spacial score (nSPS) is 13.6. The lowest BCUT2D eigenvalue weighted by Crippen LogP contribution is -2.39. The van der Waals surface area contributed by atoms with Gasteiger partial charge in [0.2, 0.25) is 10.0 Å². The molecule has 0 bridgehead atoms. The molecule has 0 aromatic heterocycles. The van der Waals surface area contributed by atoms with E-state index >= 15 is 0 Å². The van der Waals surface area contributed by atoms with E-state index in [0.717, 1.165) is 18.8 Å². The van der Waals surface area contributed by atoms with E-state index in [1.165, 1.54) is 5.56 Å². The predicted molar refractivity (Wildman–Crippen MR) is 96.3 cm³/mol. The molecule has 0 heterocycles. The molecule has 130 valence electrons. The minimum Gasteiger partial charge on any atom is -0.357 e. The Labute approximate surface area is 139 Å². The third kappa shape index (κ3) is 9.20. The van der Waals surface area contributed by atoms with Crippen LogP contribution in [0.5, 0.6) is 0 Å². The highest BCUT2D eigenvalue weighted by Gasteiger charge is 2.05. The van der Waals surface area contributed by atoms with Gasteiger partial charge in [-0.15, -0.1) is 0 Å². The summed E-state index contributed by atoms with van der Waals surface area (Å²) in [6, 6.07) is 10.3. The molecule has 23 heavy (non-hydrogen) atoms. The first kappa shape index (κ1) is 19.4. The minimum atomic E-state index is -3.11. The van der Waals surface area contributed by atoms with E-state index in [1.807, 2.05) is 25.1 Å². The van der Waals surface area contributed by atoms with Gasteiger partial charge in [0, 0.05) is 32.1 Å². The molecule has 0 saturated heterocycles. The van der Waals surface area contributed by atoms with Gasteiger partial charge in [-0.05, 0) is 18.9 Å². The lowest BCUT2D eigenvalue weighted by molar-refractivity contribution is 0.584. The third-order valence-electron chi connectivity index (χ3n) is 3.25. The van der Waals surface area contributed by atoms with Crippen LogP contribution in [0.3, 0.4) is 0 Å². The van der Waals surface area contributed by atoms with Crippen LogP contribution in [0.15, 0.2) is 35.3 Å². The molecule has 0 fully saturated rings. The first-order chi connectivity index (χ1) is 10.9. The van der Waals surface area contributed by atoms with Crippen molar-refractivity contribution >= 4 is 16.0 Å². The van der Waals surface area contributed by atoms with Crippen molar-refractivity contribution in [3.63, 3.8) is 0 Å². The molecule has 1 unspecified atom stereocenters. The number of aliphatic imine (C=N–C) groups is 1. The summed E-state index contributed by atoms with van der Waals surface area (Å²) in [5, 5.41) is 6.41. The maximum atomic E-state index is 11.0. The van der Waals surface area contributed by atoms with Crippen LogP contribution in [0.25, 0.3) is 0 Å². The van der Waals surface area contributed by atoms with E-state index in [-0.39, 0.29) is 0 Å². The molecular formula is C16H28N4O2S. The second kappa shape index (κ2) is 10.2. The number of hydrogen-bond donors (Lipinski definition) is 3. The standard InChI is InChI=1S/C16H28N4O2S/c1-4-17-16(18-11-8-12-20-23(3,21)22)19-13-14(2)15-9-6-5-7-10-15/h5-7,9-10,14,20H,4,8,11-13H2,1-3H3,(H2,17,18,19). The first-order valence-corrected chi connectivity index (χ1v) is 9.83. The summed E-state index contributed by atoms with van der Waals surface area (Å²) in [4.78, 5) is 4.59. The molecule has 1 aromatic carbocycles. The molecule has 0 amide bonds. The summed E-state index contributed by atoms with van der Waals surface area (Å²) in [5.41, 5.74) is 1.27. The van der Waals surface area contributed by atoms with Gasteiger partial charge in [-0.1, -0.05) is 37.3 Å². The van der Waals surface area contributed by atoms with Gasteiger partial charge in [0.15, 0.2) is 5.96 Å². The number of benzene rings is 1. The molecule has 0 aliphatic heterocycles. The molecule has 1 atom stereocenters. The average Bonchev–Trinajstić information content (AvgIpc) is 2.51. The smallest absolute Gasteiger partial charge is 0.208 e. The molecule has 1 aromatic rings. The van der Waals surface area contributed by atoms with E-state index in [1.54, 1.807) is 0 Å². The minimum absolute atomic E-state index is 0.346. The maximum Gasteiger partial charge on any atom is 0.208 e. The Hall–Kier alpha value is -1.60. The highest BCUT2D eigenvalue weighted by atomic mass is 32.2. The van der Waals surface area contributed by atoms with Crippen molar-refractivity contribution in [1.82, 2.24) is 15.4 Å². The molecule has 3 N–H and O–H groups in total. The second-order valence-electron chi connectivity index (χ2n) is 5.48. The van der Waals surface area contributed by atoms with Gasteiger partial charge >= 0.3 is 0 Å². The van der Waals surface area contributed by atoms with E-state index in [4.69, 9.17) is 0 Å². The summed E-state index contributed by atoms with van der Waals surface area (Å²) in [5.74, 6) is 1.10. The van der Waals surface area contributed by atoms with Crippen LogP contribution in [-0.4, -0.2) is 46.8 Å². The van der Waals surface area contributed by atoms with Crippen LogP contribution < -0.4 is 15.4 Å². The zero-order chi connectivity index (χ0) is 17.1. The van der Waals surface area contributed by atoms with Gasteiger partial charge in [0.1, 0.15) is 0 Å². The Balaban J connectivity index is 2.41. The second-order valence-corrected chi connectivity index (χ2v) is 7.31. The van der Waals surface area contributed by atoms with Gasteiger partial charge < -0.3 is 10.6 Å². The van der Waals surface area contributed by atoms with Crippen molar-refractivity contribution < 1.29 is 8.42 Å². The Morgan fingerprint density at radius 3 is 2.48 bits per heavy atom. The van der Waals surface area contributed by atoms with Crippen LogP contribution in [0.2, 0.25) is 0 Å². The zero-order valence-corrected chi connectivity index (χ0v) is 15.0. The van der Waals surface area contributed by atoms with Crippen molar-refractivity contribution in [1.29, 1.82) is 0 Å². The van der Waals surface area contributed by atoms with Crippen LogP contribution in [0, 0.1) is 0 Å². The van der Waals surface area contributed by atoms with Gasteiger partial charge in [-0.25, -0.2) is 13.1 Å². The first-order valence-electron chi connectivity index (χ1n) is 7.94. The lowest BCUT2D eigenvalue weighted by atomic mass is 10.0. The molecule has 0 saturated carbocycles. The highest BCUT2D eigenvalue weighted by molar-refractivity contribution is 7.88. The Morgan fingerprint density at radius 1 is 1.17 bits per heavy atom. The maximum absolute atomic E-state index is 11.0. The predicted octanol–water partition coefficient (Wildman–Crippen LogP) is 1.28. The topological polar surface area (TPSA) is 82.6 Å². The van der Waals surface area contributed by atoms with Crippen molar-refractivity contribution in [2.24, 2.45) is 4.99 Å². The van der Waals surface area contributed by atoms with Crippen LogP contribution in [-0.2, 0) is 10.0 Å². The van der Waals surface area contributed by atoms with E-state index in [0.29, 0.717) is 32.0 Å². The fraction of sp³-hybridized carbons (Fsp3) is 0.562. The highest BCUT2D eigenvalue weighted by Crippen LogP contribution is 2.14. The average molecular weight is 340 g/mol. The van der Waals surface area contributed by atoms with Crippen molar-refractivity contribution in [2.75, 3.05) is 32.4 Å². The molecule has 0 spiro atoms. The molecule has 0 aliphatic carbocycles. The summed E-state index contributed by atoms with van der Waals surface area (Å²) in [6.45, 7) is 6.73. The molecule has 0 radical (unpaired) electrons. The fourth-order valence-electron chi connectivity index (χ4n) is 2.01. The Kier molecular flexibility index (Phi) is 8.65. The van der Waals surface area contributed by atoms with Crippen molar-refractivity contribution in [2.45, 2.75) is 26.2 Å². The Morgan fingerprint density at radius 2 is 1.87 bits per heavy atom. The summed E-state index contributed by atoms with van der Waals surface area (Å²) >= 11 is 0. The van der Waals surface area contributed by atoms with E-state index < -0.39 is 10.0 Å². The zero-order valence-electron chi connectivity index (χ0n) is 14.2.